The van der Waals surface area contributed by atoms with Crippen LogP contribution in [-0.4, -0.2) is 32.8 Å². The van der Waals surface area contributed by atoms with Gasteiger partial charge in [-0.15, -0.1) is 0 Å². The van der Waals surface area contributed by atoms with E-state index in [0.717, 1.165) is 23.5 Å². The molecule has 0 heterocycles. The maximum Gasteiger partial charge on any atom is 0.305 e. The van der Waals surface area contributed by atoms with Crippen LogP contribution in [0, 0.1) is 11.2 Å². The van der Waals surface area contributed by atoms with Crippen LogP contribution in [-0.2, 0) is 9.53 Å². The maximum absolute atomic E-state index is 11.3. The smallest absolute Gasteiger partial charge is 0.305 e. The van der Waals surface area contributed by atoms with E-state index >= 15 is 0 Å². The molecule has 23 heavy (non-hydrogen) atoms. The predicted octanol–water partition coefficient (Wildman–Crippen LogP) is 4.26. The van der Waals surface area contributed by atoms with Crippen molar-refractivity contribution in [2.75, 3.05) is 31.7 Å². The van der Waals surface area contributed by atoms with Gasteiger partial charge in [-0.25, -0.2) is 0 Å². The van der Waals surface area contributed by atoms with Gasteiger partial charge in [0.05, 0.1) is 18.9 Å². The molecule has 0 N–H and O–H groups in total. The molecule has 0 saturated carbocycles. The molecular formula is C17H22INO3S. The van der Waals surface area contributed by atoms with E-state index in [-0.39, 0.29) is 5.97 Å². The number of rotatable bonds is 8. The van der Waals surface area contributed by atoms with E-state index in [1.54, 1.807) is 0 Å². The zero-order valence-corrected chi connectivity index (χ0v) is 16.7. The highest BCUT2D eigenvalue weighted by Gasteiger charge is 2.09. The summed E-state index contributed by atoms with van der Waals surface area (Å²) in [6.07, 6.45) is 1.02. The first-order chi connectivity index (χ1) is 11.1. The lowest BCUT2D eigenvalue weighted by Gasteiger charge is -2.21. The van der Waals surface area contributed by atoms with Gasteiger partial charge < -0.3 is 14.4 Å². The molecule has 0 aliphatic carbocycles. The van der Waals surface area contributed by atoms with Crippen LogP contribution in [0.2, 0.25) is 0 Å². The monoisotopic (exact) mass is 447 g/mol. The molecule has 0 aromatic heterocycles. The minimum absolute atomic E-state index is 0.177. The molecule has 0 radical (unpaired) electrons. The highest BCUT2D eigenvalue weighted by atomic mass is 127. The van der Waals surface area contributed by atoms with Gasteiger partial charge in [-0.1, -0.05) is 5.92 Å². The van der Waals surface area contributed by atoms with Crippen LogP contribution >= 0.6 is 30.1 Å². The molecule has 0 amide bonds. The SMILES string of the molecule is CCOC(=O)CCCOc1ccc(C#CSI)cc1N(C)CC. The fraction of sp³-hybridized carbons (Fsp3) is 0.471. The molecular weight excluding hydrogens is 425 g/mol. The number of hydrogen-bond donors (Lipinski definition) is 0. The van der Waals surface area contributed by atoms with Gasteiger partial charge in [0.25, 0.3) is 0 Å². The van der Waals surface area contributed by atoms with Crippen LogP contribution in [0.1, 0.15) is 32.3 Å². The highest BCUT2D eigenvalue weighted by Crippen LogP contribution is 2.29. The molecule has 4 nitrogen and oxygen atoms in total. The second-order valence-corrected chi connectivity index (χ2v) is 6.44. The van der Waals surface area contributed by atoms with Crippen molar-refractivity contribution in [3.05, 3.63) is 23.8 Å². The zero-order valence-electron chi connectivity index (χ0n) is 13.7. The summed E-state index contributed by atoms with van der Waals surface area (Å²) in [4.78, 5) is 13.4. The molecule has 126 valence electrons. The molecule has 0 bridgehead atoms. The van der Waals surface area contributed by atoms with E-state index in [2.05, 4.69) is 44.2 Å². The van der Waals surface area contributed by atoms with Gasteiger partial charge in [0.15, 0.2) is 0 Å². The summed E-state index contributed by atoms with van der Waals surface area (Å²) in [5.74, 6) is 3.73. The lowest BCUT2D eigenvalue weighted by Crippen LogP contribution is -2.17. The average Bonchev–Trinajstić information content (AvgIpc) is 2.57. The van der Waals surface area contributed by atoms with Crippen molar-refractivity contribution in [3.63, 3.8) is 0 Å². The van der Waals surface area contributed by atoms with Crippen molar-refractivity contribution in [3.8, 4) is 16.9 Å². The van der Waals surface area contributed by atoms with E-state index < -0.39 is 0 Å². The van der Waals surface area contributed by atoms with Crippen molar-refractivity contribution >= 4 is 41.8 Å². The Kier molecular flexibility index (Phi) is 9.96. The number of ether oxygens (including phenoxy) is 2. The number of anilines is 1. The summed E-state index contributed by atoms with van der Waals surface area (Å²) < 4.78 is 10.8. The lowest BCUT2D eigenvalue weighted by molar-refractivity contribution is -0.143. The second-order valence-electron chi connectivity index (χ2n) is 4.76. The van der Waals surface area contributed by atoms with E-state index in [9.17, 15) is 4.79 Å². The molecule has 0 fully saturated rings. The van der Waals surface area contributed by atoms with Gasteiger partial charge in [0.2, 0.25) is 0 Å². The Labute approximate surface area is 154 Å². The summed E-state index contributed by atoms with van der Waals surface area (Å²) in [5, 5.41) is 2.99. The average molecular weight is 447 g/mol. The third-order valence-corrected chi connectivity index (χ3v) is 4.01. The van der Waals surface area contributed by atoms with Crippen molar-refractivity contribution in [1.82, 2.24) is 0 Å². The summed E-state index contributed by atoms with van der Waals surface area (Å²) in [6.45, 7) is 5.67. The third kappa shape index (κ3) is 7.36. The van der Waals surface area contributed by atoms with Crippen molar-refractivity contribution in [2.45, 2.75) is 26.7 Å². The molecule has 0 saturated heterocycles. The molecule has 6 heteroatoms. The molecule has 1 aromatic rings. The van der Waals surface area contributed by atoms with Gasteiger partial charge in [0.1, 0.15) is 5.75 Å². The van der Waals surface area contributed by atoms with Gasteiger partial charge >= 0.3 is 5.97 Å². The quantitative estimate of drug-likeness (QED) is 0.258. The maximum atomic E-state index is 11.3. The van der Waals surface area contributed by atoms with Gasteiger partial charge in [0, 0.05) is 46.8 Å². The highest BCUT2D eigenvalue weighted by molar-refractivity contribution is 14.2. The first kappa shape index (κ1) is 20.0. The summed E-state index contributed by atoms with van der Waals surface area (Å²) >= 11 is 2.15. The number of benzene rings is 1. The van der Waals surface area contributed by atoms with Crippen LogP contribution in [0.3, 0.4) is 0 Å². The molecule has 1 rings (SSSR count). The second kappa shape index (κ2) is 11.5. The van der Waals surface area contributed by atoms with Gasteiger partial charge in [-0.3, -0.25) is 4.79 Å². The standard InChI is InChI=1S/C17H22INO3S/c1-4-19(3)15-13-14(10-12-23-18)8-9-16(15)22-11-6-7-17(20)21-5-2/h8-9,13H,4-7,11H2,1-3H3. The van der Waals surface area contributed by atoms with Gasteiger partial charge in [-0.05, 0) is 52.7 Å². The summed E-state index contributed by atoms with van der Waals surface area (Å²) in [5.41, 5.74) is 1.97. The number of halogens is 1. The fourth-order valence-electron chi connectivity index (χ4n) is 1.90. The molecule has 0 spiro atoms. The van der Waals surface area contributed by atoms with Crippen LogP contribution in [0.15, 0.2) is 18.2 Å². The lowest BCUT2D eigenvalue weighted by atomic mass is 10.2. The molecule has 0 unspecified atom stereocenters. The zero-order chi connectivity index (χ0) is 17.1. The first-order valence-electron chi connectivity index (χ1n) is 7.54. The van der Waals surface area contributed by atoms with Crippen LogP contribution in [0.4, 0.5) is 5.69 Å². The third-order valence-electron chi connectivity index (χ3n) is 3.17. The number of nitrogens with zero attached hydrogens (tertiary/aromatic N) is 1. The Morgan fingerprint density at radius 3 is 2.83 bits per heavy atom. The Morgan fingerprint density at radius 2 is 2.17 bits per heavy atom. The Balaban J connectivity index is 2.71. The van der Waals surface area contributed by atoms with Crippen molar-refractivity contribution < 1.29 is 14.3 Å². The summed E-state index contributed by atoms with van der Waals surface area (Å²) in [7, 11) is 3.48. The minimum atomic E-state index is -0.177. The normalized spacial score (nSPS) is 9.74. The largest absolute Gasteiger partial charge is 0.491 e. The molecule has 1 aromatic carbocycles. The van der Waals surface area contributed by atoms with Crippen molar-refractivity contribution in [2.24, 2.45) is 0 Å². The fourth-order valence-corrected chi connectivity index (χ4v) is 2.38. The Morgan fingerprint density at radius 1 is 1.39 bits per heavy atom. The molecule has 0 aliphatic heterocycles. The first-order valence-corrected chi connectivity index (χ1v) is 10.9. The predicted molar refractivity (Wildman–Crippen MR) is 105 cm³/mol. The van der Waals surface area contributed by atoms with E-state index in [1.165, 1.54) is 8.93 Å². The van der Waals surface area contributed by atoms with E-state index in [4.69, 9.17) is 9.47 Å². The molecule has 0 atom stereocenters. The summed E-state index contributed by atoms with van der Waals surface area (Å²) in [6, 6.07) is 5.92. The van der Waals surface area contributed by atoms with E-state index in [1.807, 2.05) is 32.2 Å². The topological polar surface area (TPSA) is 38.8 Å². The Hall–Kier alpha value is -1.07. The molecule has 0 aliphatic rings. The van der Waals surface area contributed by atoms with E-state index in [0.29, 0.717) is 26.1 Å². The van der Waals surface area contributed by atoms with Crippen molar-refractivity contribution in [1.29, 1.82) is 0 Å². The van der Waals surface area contributed by atoms with Crippen LogP contribution in [0.5, 0.6) is 5.75 Å². The minimum Gasteiger partial charge on any atom is -0.491 e. The number of carbonyl (C=O) groups excluding carboxylic acids is 1. The number of esters is 1. The Bertz CT molecular complexity index is 569. The van der Waals surface area contributed by atoms with Crippen LogP contribution < -0.4 is 9.64 Å². The van der Waals surface area contributed by atoms with Crippen LogP contribution in [0.25, 0.3) is 0 Å². The van der Waals surface area contributed by atoms with Gasteiger partial charge in [-0.2, -0.15) is 0 Å². The number of carbonyl (C=O) groups is 1. The number of hydrogen-bond acceptors (Lipinski definition) is 5.